The van der Waals surface area contributed by atoms with E-state index in [2.05, 4.69) is 5.32 Å². The van der Waals surface area contributed by atoms with Crippen molar-refractivity contribution < 1.29 is 19.1 Å². The number of nitrogens with one attached hydrogen (secondary N) is 1. The predicted molar refractivity (Wildman–Crippen MR) is 65.2 cm³/mol. The summed E-state index contributed by atoms with van der Waals surface area (Å²) in [6, 6.07) is 3.57. The quantitative estimate of drug-likeness (QED) is 0.886. The second kappa shape index (κ2) is 5.35. The molecule has 2 N–H and O–H groups in total. The van der Waals surface area contributed by atoms with Gasteiger partial charge in [0.1, 0.15) is 5.82 Å². The number of benzene rings is 1. The maximum atomic E-state index is 12.9. The van der Waals surface area contributed by atoms with Gasteiger partial charge in [0.25, 0.3) is 5.91 Å². The number of amides is 1. The zero-order chi connectivity index (χ0) is 13.9. The second-order valence-electron chi connectivity index (χ2n) is 4.54. The van der Waals surface area contributed by atoms with Gasteiger partial charge >= 0.3 is 5.97 Å². The number of hydrogen-bond donors (Lipinski definition) is 2. The van der Waals surface area contributed by atoms with E-state index in [4.69, 9.17) is 16.7 Å². The van der Waals surface area contributed by atoms with E-state index in [1.54, 1.807) is 13.8 Å². The van der Waals surface area contributed by atoms with Crippen LogP contribution in [-0.2, 0) is 4.79 Å². The standard InChI is InChI=1S/C12H13ClFNO3/c1-12(2,6-10(16)17)15-11(18)7-3-4-9(14)8(13)5-7/h3-5H,6H2,1-2H3,(H,15,18)(H,16,17). The van der Waals surface area contributed by atoms with Crippen LogP contribution in [0.5, 0.6) is 0 Å². The normalized spacial score (nSPS) is 11.1. The summed E-state index contributed by atoms with van der Waals surface area (Å²) in [5, 5.41) is 11.1. The Morgan fingerprint density at radius 2 is 2.06 bits per heavy atom. The van der Waals surface area contributed by atoms with Crippen molar-refractivity contribution in [2.24, 2.45) is 0 Å². The third-order valence-corrected chi connectivity index (χ3v) is 2.52. The van der Waals surface area contributed by atoms with Crippen molar-refractivity contribution in [1.82, 2.24) is 5.32 Å². The third kappa shape index (κ3) is 4.00. The third-order valence-electron chi connectivity index (χ3n) is 2.23. The highest BCUT2D eigenvalue weighted by Crippen LogP contribution is 2.17. The fraction of sp³-hybridized carbons (Fsp3) is 0.333. The van der Waals surface area contributed by atoms with Gasteiger partial charge in [-0.15, -0.1) is 0 Å². The summed E-state index contributed by atoms with van der Waals surface area (Å²) in [5.74, 6) is -2.13. The van der Waals surface area contributed by atoms with Gasteiger partial charge in [0.15, 0.2) is 0 Å². The predicted octanol–water partition coefficient (Wildman–Crippen LogP) is 2.46. The van der Waals surface area contributed by atoms with Crippen LogP contribution in [0, 0.1) is 5.82 Å². The summed E-state index contributed by atoms with van der Waals surface area (Å²) in [4.78, 5) is 22.4. The lowest BCUT2D eigenvalue weighted by molar-refractivity contribution is -0.138. The highest BCUT2D eigenvalue weighted by molar-refractivity contribution is 6.31. The molecule has 1 aromatic carbocycles. The topological polar surface area (TPSA) is 66.4 Å². The Morgan fingerprint density at radius 3 is 2.56 bits per heavy atom. The molecule has 0 fully saturated rings. The van der Waals surface area contributed by atoms with Crippen molar-refractivity contribution in [1.29, 1.82) is 0 Å². The van der Waals surface area contributed by atoms with Crippen LogP contribution in [-0.4, -0.2) is 22.5 Å². The van der Waals surface area contributed by atoms with Crippen LogP contribution < -0.4 is 5.32 Å². The molecular formula is C12H13ClFNO3. The summed E-state index contributed by atoms with van der Waals surface area (Å²) in [6.45, 7) is 3.17. The van der Waals surface area contributed by atoms with Gasteiger partial charge in [0.2, 0.25) is 0 Å². The summed E-state index contributed by atoms with van der Waals surface area (Å²) >= 11 is 5.56. The zero-order valence-corrected chi connectivity index (χ0v) is 10.7. The largest absolute Gasteiger partial charge is 0.481 e. The first-order valence-electron chi connectivity index (χ1n) is 5.20. The van der Waals surface area contributed by atoms with E-state index >= 15 is 0 Å². The van der Waals surface area contributed by atoms with E-state index in [-0.39, 0.29) is 17.0 Å². The second-order valence-corrected chi connectivity index (χ2v) is 4.94. The zero-order valence-electron chi connectivity index (χ0n) is 9.96. The fourth-order valence-corrected chi connectivity index (χ4v) is 1.62. The van der Waals surface area contributed by atoms with E-state index in [1.807, 2.05) is 0 Å². The lowest BCUT2D eigenvalue weighted by Gasteiger charge is -2.24. The Hall–Kier alpha value is -1.62. The smallest absolute Gasteiger partial charge is 0.305 e. The Bertz CT molecular complexity index is 488. The number of carboxylic acid groups (broad SMARTS) is 1. The van der Waals surface area contributed by atoms with Gasteiger partial charge < -0.3 is 10.4 Å². The molecule has 1 amide bonds. The molecule has 0 aliphatic carbocycles. The van der Waals surface area contributed by atoms with E-state index in [9.17, 15) is 14.0 Å². The molecule has 0 aliphatic heterocycles. The van der Waals surface area contributed by atoms with Crippen LogP contribution in [0.1, 0.15) is 30.6 Å². The number of hydrogen-bond acceptors (Lipinski definition) is 2. The van der Waals surface area contributed by atoms with Crippen LogP contribution >= 0.6 is 11.6 Å². The van der Waals surface area contributed by atoms with E-state index in [1.165, 1.54) is 12.1 Å². The molecule has 0 radical (unpaired) electrons. The van der Waals surface area contributed by atoms with E-state index < -0.39 is 23.2 Å². The molecule has 0 bridgehead atoms. The molecule has 0 atom stereocenters. The van der Waals surface area contributed by atoms with Gasteiger partial charge in [0.05, 0.1) is 11.4 Å². The molecule has 0 unspecified atom stereocenters. The SMILES string of the molecule is CC(C)(CC(=O)O)NC(=O)c1ccc(F)c(Cl)c1. The molecule has 0 spiro atoms. The number of carboxylic acids is 1. The van der Waals surface area contributed by atoms with Gasteiger partial charge in [-0.2, -0.15) is 0 Å². The number of aliphatic carboxylic acids is 1. The molecule has 0 heterocycles. The molecule has 0 aromatic heterocycles. The molecular weight excluding hydrogens is 261 g/mol. The molecule has 1 rings (SSSR count). The minimum absolute atomic E-state index is 0.154. The number of halogens is 2. The maximum Gasteiger partial charge on any atom is 0.305 e. The molecule has 98 valence electrons. The van der Waals surface area contributed by atoms with Crippen LogP contribution in [0.2, 0.25) is 5.02 Å². The maximum absolute atomic E-state index is 12.9. The van der Waals surface area contributed by atoms with Crippen molar-refractivity contribution in [3.63, 3.8) is 0 Å². The van der Waals surface area contributed by atoms with Gasteiger partial charge in [0, 0.05) is 11.1 Å². The number of carbonyl (C=O) groups excluding carboxylic acids is 1. The summed E-state index contributed by atoms with van der Waals surface area (Å²) in [7, 11) is 0. The lowest BCUT2D eigenvalue weighted by atomic mass is 10.00. The minimum Gasteiger partial charge on any atom is -0.481 e. The molecule has 0 saturated heterocycles. The highest BCUT2D eigenvalue weighted by Gasteiger charge is 2.24. The average molecular weight is 274 g/mol. The van der Waals surface area contributed by atoms with Crippen molar-refractivity contribution in [2.75, 3.05) is 0 Å². The van der Waals surface area contributed by atoms with Crippen molar-refractivity contribution in [3.8, 4) is 0 Å². The van der Waals surface area contributed by atoms with Crippen molar-refractivity contribution >= 4 is 23.5 Å². The summed E-state index contributed by atoms with van der Waals surface area (Å²) in [6.07, 6.45) is -0.215. The Balaban J connectivity index is 2.82. The van der Waals surface area contributed by atoms with E-state index in [0.717, 1.165) is 6.07 Å². The van der Waals surface area contributed by atoms with Gasteiger partial charge in [-0.1, -0.05) is 11.6 Å². The molecule has 6 heteroatoms. The molecule has 18 heavy (non-hydrogen) atoms. The Labute approximate surface area is 109 Å². The summed E-state index contributed by atoms with van der Waals surface area (Å²) in [5.41, 5.74) is -0.719. The van der Waals surface area contributed by atoms with Crippen LogP contribution in [0.25, 0.3) is 0 Å². The minimum atomic E-state index is -1.02. The average Bonchev–Trinajstić information content (AvgIpc) is 2.19. The molecule has 4 nitrogen and oxygen atoms in total. The fourth-order valence-electron chi connectivity index (χ4n) is 1.44. The van der Waals surface area contributed by atoms with Crippen molar-refractivity contribution in [3.05, 3.63) is 34.6 Å². The summed E-state index contributed by atoms with van der Waals surface area (Å²) < 4.78 is 12.9. The van der Waals surface area contributed by atoms with Crippen LogP contribution in [0.4, 0.5) is 4.39 Å². The van der Waals surface area contributed by atoms with Crippen molar-refractivity contribution in [2.45, 2.75) is 25.8 Å². The molecule has 0 aliphatic rings. The van der Waals surface area contributed by atoms with Gasteiger partial charge in [-0.25, -0.2) is 4.39 Å². The Kier molecular flexibility index (Phi) is 4.29. The first-order valence-corrected chi connectivity index (χ1v) is 5.58. The first kappa shape index (κ1) is 14.4. The molecule has 0 saturated carbocycles. The van der Waals surface area contributed by atoms with Crippen LogP contribution in [0.15, 0.2) is 18.2 Å². The number of rotatable bonds is 4. The molecule has 1 aromatic rings. The monoisotopic (exact) mass is 273 g/mol. The van der Waals surface area contributed by atoms with Gasteiger partial charge in [-0.05, 0) is 32.0 Å². The number of carbonyl (C=O) groups is 2. The lowest BCUT2D eigenvalue weighted by Crippen LogP contribution is -2.44. The van der Waals surface area contributed by atoms with E-state index in [0.29, 0.717) is 0 Å². The van der Waals surface area contributed by atoms with Crippen LogP contribution in [0.3, 0.4) is 0 Å². The Morgan fingerprint density at radius 1 is 1.44 bits per heavy atom. The van der Waals surface area contributed by atoms with Gasteiger partial charge in [-0.3, -0.25) is 9.59 Å². The highest BCUT2D eigenvalue weighted by atomic mass is 35.5. The first-order chi connectivity index (χ1) is 8.21.